The predicted molar refractivity (Wildman–Crippen MR) is 75.7 cm³/mol. The van der Waals surface area contributed by atoms with E-state index in [1.54, 1.807) is 7.11 Å². The number of nitrogens with one attached hydrogen (secondary N) is 1. The average molecular weight is 249 g/mol. The number of ether oxygens (including phenoxy) is 2. The SMILES string of the molecule is C=C(OCC)c1cc(OC)ccc1CNCCC. The second kappa shape index (κ2) is 7.77. The first-order chi connectivity index (χ1) is 8.72. The Morgan fingerprint density at radius 1 is 1.33 bits per heavy atom. The summed E-state index contributed by atoms with van der Waals surface area (Å²) in [5.74, 6) is 1.52. The van der Waals surface area contributed by atoms with Crippen molar-refractivity contribution in [2.75, 3.05) is 20.3 Å². The maximum Gasteiger partial charge on any atom is 0.119 e. The summed E-state index contributed by atoms with van der Waals surface area (Å²) in [6.45, 7) is 10.5. The lowest BCUT2D eigenvalue weighted by Crippen LogP contribution is -2.15. The number of hydrogen-bond acceptors (Lipinski definition) is 3. The van der Waals surface area contributed by atoms with Crippen LogP contribution in [0, 0.1) is 0 Å². The second-order valence-corrected chi connectivity index (χ2v) is 4.06. The van der Waals surface area contributed by atoms with E-state index in [0.29, 0.717) is 12.4 Å². The van der Waals surface area contributed by atoms with Crippen LogP contribution in [0.4, 0.5) is 0 Å². The molecule has 0 radical (unpaired) electrons. The van der Waals surface area contributed by atoms with Gasteiger partial charge in [0.05, 0.1) is 13.7 Å². The third-order valence-electron chi connectivity index (χ3n) is 2.68. The summed E-state index contributed by atoms with van der Waals surface area (Å²) in [7, 11) is 1.66. The average Bonchev–Trinajstić information content (AvgIpc) is 2.39. The highest BCUT2D eigenvalue weighted by Gasteiger charge is 2.08. The van der Waals surface area contributed by atoms with Crippen molar-refractivity contribution in [1.82, 2.24) is 5.32 Å². The first-order valence-corrected chi connectivity index (χ1v) is 6.42. The van der Waals surface area contributed by atoms with Gasteiger partial charge in [0, 0.05) is 12.1 Å². The lowest BCUT2D eigenvalue weighted by molar-refractivity contribution is 0.298. The van der Waals surface area contributed by atoms with E-state index in [0.717, 1.165) is 30.8 Å². The van der Waals surface area contributed by atoms with Gasteiger partial charge in [-0.1, -0.05) is 19.6 Å². The highest BCUT2D eigenvalue weighted by Crippen LogP contribution is 2.24. The molecule has 1 N–H and O–H groups in total. The highest BCUT2D eigenvalue weighted by molar-refractivity contribution is 5.63. The number of rotatable bonds is 8. The fourth-order valence-corrected chi connectivity index (χ4v) is 1.75. The molecule has 1 rings (SSSR count). The minimum Gasteiger partial charge on any atom is -0.497 e. The smallest absolute Gasteiger partial charge is 0.119 e. The van der Waals surface area contributed by atoms with E-state index >= 15 is 0 Å². The molecule has 1 aromatic rings. The van der Waals surface area contributed by atoms with Gasteiger partial charge in [0.2, 0.25) is 0 Å². The largest absolute Gasteiger partial charge is 0.497 e. The molecule has 0 amide bonds. The molecule has 3 heteroatoms. The van der Waals surface area contributed by atoms with Gasteiger partial charge < -0.3 is 14.8 Å². The minimum absolute atomic E-state index is 0.623. The Kier molecular flexibility index (Phi) is 6.29. The number of hydrogen-bond donors (Lipinski definition) is 1. The Labute approximate surface area is 110 Å². The van der Waals surface area contributed by atoms with Gasteiger partial charge in [-0.3, -0.25) is 0 Å². The van der Waals surface area contributed by atoms with E-state index in [1.165, 1.54) is 5.56 Å². The third-order valence-corrected chi connectivity index (χ3v) is 2.68. The zero-order valence-electron chi connectivity index (χ0n) is 11.6. The van der Waals surface area contributed by atoms with Gasteiger partial charge in [0.25, 0.3) is 0 Å². The number of benzene rings is 1. The molecular formula is C15H23NO2. The Morgan fingerprint density at radius 3 is 2.72 bits per heavy atom. The highest BCUT2D eigenvalue weighted by atomic mass is 16.5. The molecule has 0 saturated heterocycles. The molecule has 0 bridgehead atoms. The maximum absolute atomic E-state index is 5.50. The molecule has 0 saturated carbocycles. The minimum atomic E-state index is 0.623. The van der Waals surface area contributed by atoms with Crippen LogP contribution in [0.25, 0.3) is 5.76 Å². The van der Waals surface area contributed by atoms with Gasteiger partial charge in [-0.15, -0.1) is 0 Å². The Bertz CT molecular complexity index is 388. The molecule has 0 spiro atoms. The van der Waals surface area contributed by atoms with Crippen LogP contribution in [-0.2, 0) is 11.3 Å². The fourth-order valence-electron chi connectivity index (χ4n) is 1.75. The molecule has 0 aromatic heterocycles. The molecule has 18 heavy (non-hydrogen) atoms. The summed E-state index contributed by atoms with van der Waals surface area (Å²) in [5, 5.41) is 3.39. The van der Waals surface area contributed by atoms with Gasteiger partial charge in [-0.25, -0.2) is 0 Å². The summed E-state index contributed by atoms with van der Waals surface area (Å²) >= 11 is 0. The predicted octanol–water partition coefficient (Wildman–Crippen LogP) is 3.20. The number of methoxy groups -OCH3 is 1. The summed E-state index contributed by atoms with van der Waals surface area (Å²) in [6, 6.07) is 5.99. The summed E-state index contributed by atoms with van der Waals surface area (Å²) in [4.78, 5) is 0. The van der Waals surface area contributed by atoms with Crippen molar-refractivity contribution in [3.63, 3.8) is 0 Å². The normalized spacial score (nSPS) is 10.2. The van der Waals surface area contributed by atoms with Crippen LogP contribution in [0.1, 0.15) is 31.4 Å². The van der Waals surface area contributed by atoms with Crippen LogP contribution in [0.3, 0.4) is 0 Å². The summed E-state index contributed by atoms with van der Waals surface area (Å²) < 4.78 is 10.7. The van der Waals surface area contributed by atoms with E-state index < -0.39 is 0 Å². The molecule has 1 aromatic carbocycles. The van der Waals surface area contributed by atoms with Crippen molar-refractivity contribution in [3.8, 4) is 5.75 Å². The molecular weight excluding hydrogens is 226 g/mol. The van der Waals surface area contributed by atoms with Crippen molar-refractivity contribution >= 4 is 5.76 Å². The topological polar surface area (TPSA) is 30.5 Å². The van der Waals surface area contributed by atoms with Gasteiger partial charge in [-0.2, -0.15) is 0 Å². The fraction of sp³-hybridized carbons (Fsp3) is 0.467. The lowest BCUT2D eigenvalue weighted by Gasteiger charge is -2.14. The van der Waals surface area contributed by atoms with Crippen molar-refractivity contribution < 1.29 is 9.47 Å². The van der Waals surface area contributed by atoms with Crippen LogP contribution >= 0.6 is 0 Å². The van der Waals surface area contributed by atoms with Gasteiger partial charge in [0.15, 0.2) is 0 Å². The van der Waals surface area contributed by atoms with Crippen LogP contribution < -0.4 is 10.1 Å². The Hall–Kier alpha value is -1.48. The van der Waals surface area contributed by atoms with Crippen LogP contribution in [0.15, 0.2) is 24.8 Å². The molecule has 0 fully saturated rings. The van der Waals surface area contributed by atoms with Crippen LogP contribution in [-0.4, -0.2) is 20.3 Å². The Balaban J connectivity index is 2.89. The van der Waals surface area contributed by atoms with Crippen molar-refractivity contribution in [2.24, 2.45) is 0 Å². The second-order valence-electron chi connectivity index (χ2n) is 4.06. The monoisotopic (exact) mass is 249 g/mol. The lowest BCUT2D eigenvalue weighted by atomic mass is 10.1. The maximum atomic E-state index is 5.50. The zero-order chi connectivity index (χ0) is 13.4. The summed E-state index contributed by atoms with van der Waals surface area (Å²) in [6.07, 6.45) is 1.12. The van der Waals surface area contributed by atoms with Crippen molar-refractivity contribution in [2.45, 2.75) is 26.8 Å². The van der Waals surface area contributed by atoms with Gasteiger partial charge >= 0.3 is 0 Å². The molecule has 0 unspecified atom stereocenters. The molecule has 100 valence electrons. The Morgan fingerprint density at radius 2 is 2.11 bits per heavy atom. The van der Waals surface area contributed by atoms with Gasteiger partial charge in [0.1, 0.15) is 11.5 Å². The van der Waals surface area contributed by atoms with E-state index in [-0.39, 0.29) is 0 Å². The first-order valence-electron chi connectivity index (χ1n) is 6.42. The van der Waals surface area contributed by atoms with E-state index in [2.05, 4.69) is 24.9 Å². The third kappa shape index (κ3) is 4.08. The van der Waals surface area contributed by atoms with E-state index in [4.69, 9.17) is 9.47 Å². The van der Waals surface area contributed by atoms with Crippen LogP contribution in [0.2, 0.25) is 0 Å². The quantitative estimate of drug-likeness (QED) is 0.567. The molecule has 0 heterocycles. The standard InChI is InChI=1S/C15H23NO2/c1-5-9-16-11-13-7-8-14(17-4)10-15(13)12(3)18-6-2/h7-8,10,16H,3,5-6,9,11H2,1-2,4H3. The summed E-state index contributed by atoms with van der Waals surface area (Å²) in [5.41, 5.74) is 2.20. The molecule has 3 nitrogen and oxygen atoms in total. The first kappa shape index (κ1) is 14.6. The van der Waals surface area contributed by atoms with Crippen molar-refractivity contribution in [3.05, 3.63) is 35.9 Å². The van der Waals surface area contributed by atoms with Crippen molar-refractivity contribution in [1.29, 1.82) is 0 Å². The zero-order valence-corrected chi connectivity index (χ0v) is 11.6. The van der Waals surface area contributed by atoms with E-state index in [1.807, 2.05) is 19.1 Å². The van der Waals surface area contributed by atoms with Crippen LogP contribution in [0.5, 0.6) is 5.75 Å². The molecule has 0 aliphatic carbocycles. The molecule has 0 atom stereocenters. The van der Waals surface area contributed by atoms with Gasteiger partial charge in [-0.05, 0) is 37.6 Å². The van der Waals surface area contributed by atoms with E-state index in [9.17, 15) is 0 Å². The molecule has 0 aliphatic rings. The molecule has 0 aliphatic heterocycles.